The molecule has 0 aromatic carbocycles. The predicted octanol–water partition coefficient (Wildman–Crippen LogP) is 0.0482. The van der Waals surface area contributed by atoms with Crippen molar-refractivity contribution >= 4 is 11.7 Å². The quantitative estimate of drug-likeness (QED) is 0.636. The molecule has 72 valence electrons. The zero-order valence-electron chi connectivity index (χ0n) is 7.98. The molecule has 1 aromatic rings. The summed E-state index contributed by atoms with van der Waals surface area (Å²) in [7, 11) is 3.61. The highest BCUT2D eigenvalue weighted by atomic mass is 16.2. The molecule has 0 bridgehead atoms. The molecule has 5 nitrogen and oxygen atoms in total. The van der Waals surface area contributed by atoms with Crippen molar-refractivity contribution < 1.29 is 4.79 Å². The van der Waals surface area contributed by atoms with Gasteiger partial charge in [-0.15, -0.1) is 0 Å². The van der Waals surface area contributed by atoms with E-state index in [-0.39, 0.29) is 5.91 Å². The summed E-state index contributed by atoms with van der Waals surface area (Å²) in [6.45, 7) is 0. The molecule has 0 spiro atoms. The van der Waals surface area contributed by atoms with E-state index in [2.05, 4.69) is 15.4 Å². The number of hydrogen-bond donors (Lipinski definition) is 1. The molecule has 0 saturated heterocycles. The lowest BCUT2D eigenvalue weighted by Crippen LogP contribution is -2.23. The van der Waals surface area contributed by atoms with Crippen LogP contribution in [0.1, 0.15) is 15.9 Å². The fraction of sp³-hybridized carbons (Fsp3) is 0.222. The van der Waals surface area contributed by atoms with E-state index in [0.29, 0.717) is 11.4 Å². The van der Waals surface area contributed by atoms with Crippen LogP contribution in [-0.2, 0) is 0 Å². The first-order valence-electron chi connectivity index (χ1n) is 4.20. The molecule has 0 aliphatic carbocycles. The van der Waals surface area contributed by atoms with Crippen LogP contribution in [0.25, 0.3) is 0 Å². The van der Waals surface area contributed by atoms with Gasteiger partial charge in [-0.3, -0.25) is 9.78 Å². The molecule has 1 aromatic heterocycles. The summed E-state index contributed by atoms with van der Waals surface area (Å²) in [5.74, 6) is 0.436. The molecule has 5 heteroatoms. The number of pyridine rings is 1. The van der Waals surface area contributed by atoms with Crippen LogP contribution < -0.4 is 5.32 Å². The van der Waals surface area contributed by atoms with Crippen molar-refractivity contribution in [1.82, 2.24) is 15.3 Å². The minimum atomic E-state index is -0.145. The van der Waals surface area contributed by atoms with Crippen LogP contribution in [-0.4, -0.2) is 35.8 Å². The van der Waals surface area contributed by atoms with E-state index in [4.69, 9.17) is 0 Å². The van der Waals surface area contributed by atoms with E-state index in [0.717, 1.165) is 5.56 Å². The van der Waals surface area contributed by atoms with Crippen LogP contribution >= 0.6 is 0 Å². The van der Waals surface area contributed by atoms with Crippen LogP contribution in [0.2, 0.25) is 0 Å². The summed E-state index contributed by atoms with van der Waals surface area (Å²) >= 11 is 0. The predicted molar refractivity (Wildman–Crippen MR) is 51.9 cm³/mol. The van der Waals surface area contributed by atoms with Crippen molar-refractivity contribution in [1.29, 1.82) is 0 Å². The SMILES string of the molecule is CN(C)/N=C1\NC(=O)c2cnccc21. The molecular weight excluding hydrogens is 180 g/mol. The van der Waals surface area contributed by atoms with Crippen molar-refractivity contribution in [2.24, 2.45) is 5.10 Å². The molecular formula is C9H10N4O. The summed E-state index contributed by atoms with van der Waals surface area (Å²) in [6, 6.07) is 1.77. The smallest absolute Gasteiger partial charge is 0.259 e. The molecule has 0 saturated carbocycles. The molecule has 2 rings (SSSR count). The summed E-state index contributed by atoms with van der Waals surface area (Å²) in [6.07, 6.45) is 3.19. The maximum atomic E-state index is 11.4. The highest BCUT2D eigenvalue weighted by Gasteiger charge is 2.24. The van der Waals surface area contributed by atoms with Gasteiger partial charge in [-0.05, 0) is 6.07 Å². The molecule has 14 heavy (non-hydrogen) atoms. The van der Waals surface area contributed by atoms with Gasteiger partial charge in [-0.2, -0.15) is 5.10 Å². The van der Waals surface area contributed by atoms with E-state index in [1.807, 2.05) is 0 Å². The Balaban J connectivity index is 2.49. The lowest BCUT2D eigenvalue weighted by Gasteiger charge is -2.05. The lowest BCUT2D eigenvalue weighted by atomic mass is 10.2. The zero-order valence-corrected chi connectivity index (χ0v) is 7.98. The third-order valence-electron chi connectivity index (χ3n) is 1.85. The normalized spacial score (nSPS) is 16.7. The van der Waals surface area contributed by atoms with Crippen molar-refractivity contribution in [3.05, 3.63) is 29.6 Å². The Kier molecular flexibility index (Phi) is 1.92. The Bertz CT molecular complexity index is 411. The largest absolute Gasteiger partial charge is 0.305 e. The molecule has 0 radical (unpaired) electrons. The highest BCUT2D eigenvalue weighted by Crippen LogP contribution is 2.13. The third-order valence-corrected chi connectivity index (χ3v) is 1.85. The van der Waals surface area contributed by atoms with E-state index < -0.39 is 0 Å². The average molecular weight is 190 g/mol. The Labute approximate surface area is 81.4 Å². The van der Waals surface area contributed by atoms with Crippen LogP contribution in [0.4, 0.5) is 0 Å². The number of carbonyl (C=O) groups excluding carboxylic acids is 1. The molecule has 2 heterocycles. The number of nitrogens with one attached hydrogen (secondary N) is 1. The Morgan fingerprint density at radius 1 is 1.43 bits per heavy atom. The van der Waals surface area contributed by atoms with E-state index in [9.17, 15) is 4.79 Å². The minimum absolute atomic E-state index is 0.145. The van der Waals surface area contributed by atoms with Gasteiger partial charge in [0, 0.05) is 32.1 Å². The summed E-state index contributed by atoms with van der Waals surface area (Å²) in [5, 5.41) is 8.48. The Hall–Kier alpha value is -1.91. The molecule has 1 aliphatic rings. The van der Waals surface area contributed by atoms with Gasteiger partial charge < -0.3 is 10.3 Å². The lowest BCUT2D eigenvalue weighted by molar-refractivity contribution is 0.0982. The maximum Gasteiger partial charge on any atom is 0.259 e. The first kappa shape index (κ1) is 8.68. The van der Waals surface area contributed by atoms with Crippen LogP contribution in [0.3, 0.4) is 0 Å². The Morgan fingerprint density at radius 3 is 2.93 bits per heavy atom. The topological polar surface area (TPSA) is 57.6 Å². The van der Waals surface area contributed by atoms with Crippen molar-refractivity contribution in [3.63, 3.8) is 0 Å². The molecule has 0 unspecified atom stereocenters. The van der Waals surface area contributed by atoms with Gasteiger partial charge in [0.15, 0.2) is 5.84 Å². The number of amides is 1. The number of nitrogens with zero attached hydrogens (tertiary/aromatic N) is 3. The number of carbonyl (C=O) groups is 1. The van der Waals surface area contributed by atoms with Crippen LogP contribution in [0, 0.1) is 0 Å². The molecule has 1 N–H and O–H groups in total. The first-order valence-corrected chi connectivity index (χ1v) is 4.20. The van der Waals surface area contributed by atoms with Crippen molar-refractivity contribution in [3.8, 4) is 0 Å². The second kappa shape index (κ2) is 3.10. The van der Waals surface area contributed by atoms with Crippen LogP contribution in [0.15, 0.2) is 23.6 Å². The van der Waals surface area contributed by atoms with Crippen LogP contribution in [0.5, 0.6) is 0 Å². The van der Waals surface area contributed by atoms with E-state index in [1.54, 1.807) is 37.6 Å². The first-order chi connectivity index (χ1) is 6.68. The van der Waals surface area contributed by atoms with Crippen molar-refractivity contribution in [2.75, 3.05) is 14.1 Å². The number of fused-ring (bicyclic) bond motifs is 1. The maximum absolute atomic E-state index is 11.4. The fourth-order valence-electron chi connectivity index (χ4n) is 1.30. The Morgan fingerprint density at radius 2 is 2.21 bits per heavy atom. The summed E-state index contributed by atoms with van der Waals surface area (Å²) in [4.78, 5) is 15.3. The summed E-state index contributed by atoms with van der Waals surface area (Å²) in [5.41, 5.74) is 1.38. The average Bonchev–Trinajstić information content (AvgIpc) is 2.44. The van der Waals surface area contributed by atoms with Crippen molar-refractivity contribution in [2.45, 2.75) is 0 Å². The number of aromatic nitrogens is 1. The van der Waals surface area contributed by atoms with Gasteiger partial charge in [-0.1, -0.05) is 0 Å². The fourth-order valence-corrected chi connectivity index (χ4v) is 1.30. The number of amidine groups is 1. The second-order valence-corrected chi connectivity index (χ2v) is 3.17. The van der Waals surface area contributed by atoms with Gasteiger partial charge in [0.05, 0.1) is 5.56 Å². The zero-order chi connectivity index (χ0) is 10.1. The number of hydrazone groups is 1. The highest BCUT2D eigenvalue weighted by molar-refractivity contribution is 6.23. The number of hydrogen-bond acceptors (Lipinski definition) is 4. The number of rotatable bonds is 1. The second-order valence-electron chi connectivity index (χ2n) is 3.17. The third kappa shape index (κ3) is 1.32. The van der Waals surface area contributed by atoms with E-state index in [1.165, 1.54) is 0 Å². The van der Waals surface area contributed by atoms with Gasteiger partial charge in [0.25, 0.3) is 5.91 Å². The summed E-state index contributed by atoms with van der Waals surface area (Å²) < 4.78 is 0. The molecule has 1 aliphatic heterocycles. The molecule has 0 atom stereocenters. The standard InChI is InChI=1S/C9H10N4O/c1-13(2)12-8-6-3-4-10-5-7(6)9(14)11-8/h3-5H,1-2H3,(H,11,12,14). The van der Waals surface area contributed by atoms with Gasteiger partial charge in [0.1, 0.15) is 0 Å². The minimum Gasteiger partial charge on any atom is -0.305 e. The molecule has 1 amide bonds. The van der Waals surface area contributed by atoms with E-state index >= 15 is 0 Å². The van der Waals surface area contributed by atoms with Gasteiger partial charge >= 0.3 is 0 Å². The van der Waals surface area contributed by atoms with Gasteiger partial charge in [-0.25, -0.2) is 0 Å². The molecule has 0 fully saturated rings. The van der Waals surface area contributed by atoms with Gasteiger partial charge in [0.2, 0.25) is 0 Å². The monoisotopic (exact) mass is 190 g/mol.